The molecule has 0 saturated heterocycles. The standard InChI is InChI=1S/C24H18ClFN2O3/c1-2-31-20-8-4-6-18(14-20)27-22-21(15-9-11-16(25)12-10-15)23(29)28(24(22)30)19-7-3-5-17(26)13-19/h3-14,27H,2H2,1H3. The molecule has 0 aliphatic carbocycles. The molecule has 1 N–H and O–H groups in total. The van der Waals surface area contributed by atoms with Crippen LogP contribution < -0.4 is 15.0 Å². The molecule has 1 aliphatic rings. The lowest BCUT2D eigenvalue weighted by molar-refractivity contribution is -0.120. The highest BCUT2D eigenvalue weighted by molar-refractivity contribution is 6.46. The molecule has 31 heavy (non-hydrogen) atoms. The van der Waals surface area contributed by atoms with Crippen molar-refractivity contribution in [1.29, 1.82) is 0 Å². The minimum absolute atomic E-state index is 0.0882. The Morgan fingerprint density at radius 2 is 1.71 bits per heavy atom. The zero-order valence-electron chi connectivity index (χ0n) is 16.6. The van der Waals surface area contributed by atoms with Crippen LogP contribution in [0.3, 0.4) is 0 Å². The second-order valence-corrected chi connectivity index (χ2v) is 7.20. The smallest absolute Gasteiger partial charge is 0.282 e. The van der Waals surface area contributed by atoms with Crippen molar-refractivity contribution in [2.75, 3.05) is 16.8 Å². The number of nitrogens with zero attached hydrogens (tertiary/aromatic N) is 1. The number of halogens is 2. The van der Waals surface area contributed by atoms with Crippen LogP contribution in [-0.4, -0.2) is 18.4 Å². The van der Waals surface area contributed by atoms with Crippen molar-refractivity contribution in [1.82, 2.24) is 0 Å². The molecule has 4 rings (SSSR count). The zero-order valence-corrected chi connectivity index (χ0v) is 17.3. The molecular weight excluding hydrogens is 419 g/mol. The summed E-state index contributed by atoms with van der Waals surface area (Å²) in [4.78, 5) is 27.6. The number of benzene rings is 3. The minimum atomic E-state index is -0.581. The van der Waals surface area contributed by atoms with Crippen LogP contribution in [-0.2, 0) is 9.59 Å². The molecule has 5 nitrogen and oxygen atoms in total. The van der Waals surface area contributed by atoms with Crippen LogP contribution in [0.15, 0.2) is 78.5 Å². The SMILES string of the molecule is CCOc1cccc(NC2=C(c3ccc(Cl)cc3)C(=O)N(c3cccc(F)c3)C2=O)c1. The fourth-order valence-electron chi connectivity index (χ4n) is 3.35. The van der Waals surface area contributed by atoms with Crippen molar-refractivity contribution in [3.05, 3.63) is 94.9 Å². The number of hydrogen-bond donors (Lipinski definition) is 1. The third-order valence-corrected chi connectivity index (χ3v) is 4.95. The molecule has 3 aromatic carbocycles. The van der Waals surface area contributed by atoms with Gasteiger partial charge in [-0.2, -0.15) is 0 Å². The lowest BCUT2D eigenvalue weighted by Gasteiger charge is -2.15. The van der Waals surface area contributed by atoms with E-state index in [1.165, 1.54) is 18.2 Å². The maximum Gasteiger partial charge on any atom is 0.282 e. The number of nitrogens with one attached hydrogen (secondary N) is 1. The predicted octanol–water partition coefficient (Wildman–Crippen LogP) is 5.27. The molecule has 156 valence electrons. The van der Waals surface area contributed by atoms with E-state index in [0.29, 0.717) is 28.6 Å². The van der Waals surface area contributed by atoms with Crippen LogP contribution in [0.2, 0.25) is 5.02 Å². The third kappa shape index (κ3) is 4.15. The number of ether oxygens (including phenoxy) is 1. The molecule has 2 amide bonds. The molecule has 1 heterocycles. The van der Waals surface area contributed by atoms with Gasteiger partial charge in [0.25, 0.3) is 11.8 Å². The lowest BCUT2D eigenvalue weighted by Crippen LogP contribution is -2.32. The van der Waals surface area contributed by atoms with E-state index in [-0.39, 0.29) is 17.0 Å². The monoisotopic (exact) mass is 436 g/mol. The van der Waals surface area contributed by atoms with Crippen LogP contribution in [0.25, 0.3) is 5.57 Å². The molecule has 0 unspecified atom stereocenters. The van der Waals surface area contributed by atoms with E-state index in [0.717, 1.165) is 11.0 Å². The van der Waals surface area contributed by atoms with E-state index in [1.807, 2.05) is 6.92 Å². The number of rotatable bonds is 6. The Morgan fingerprint density at radius 3 is 2.42 bits per heavy atom. The van der Waals surface area contributed by atoms with E-state index < -0.39 is 17.6 Å². The molecule has 0 fully saturated rings. The van der Waals surface area contributed by atoms with Crippen LogP contribution in [0.5, 0.6) is 5.75 Å². The third-order valence-electron chi connectivity index (χ3n) is 4.70. The van der Waals surface area contributed by atoms with Crippen molar-refractivity contribution in [3.63, 3.8) is 0 Å². The second-order valence-electron chi connectivity index (χ2n) is 6.77. The van der Waals surface area contributed by atoms with E-state index in [4.69, 9.17) is 16.3 Å². The highest BCUT2D eigenvalue weighted by Crippen LogP contribution is 2.34. The fourth-order valence-corrected chi connectivity index (χ4v) is 3.48. The van der Waals surface area contributed by atoms with Gasteiger partial charge in [0.2, 0.25) is 0 Å². The molecule has 1 aliphatic heterocycles. The summed E-state index contributed by atoms with van der Waals surface area (Å²) in [6.45, 7) is 2.37. The Labute approximate surface area is 183 Å². The molecule has 0 saturated carbocycles. The summed E-state index contributed by atoms with van der Waals surface area (Å²) in [5, 5.41) is 3.56. The first-order chi connectivity index (χ1) is 15.0. The molecule has 0 bridgehead atoms. The summed E-state index contributed by atoms with van der Waals surface area (Å²) < 4.78 is 19.3. The highest BCUT2D eigenvalue weighted by atomic mass is 35.5. The molecular formula is C24H18ClFN2O3. The summed E-state index contributed by atoms with van der Waals surface area (Å²) in [5.74, 6) is -1.05. The van der Waals surface area contributed by atoms with E-state index >= 15 is 0 Å². The van der Waals surface area contributed by atoms with E-state index in [2.05, 4.69) is 5.32 Å². The van der Waals surface area contributed by atoms with Crippen LogP contribution in [0, 0.1) is 5.82 Å². The summed E-state index contributed by atoms with van der Waals surface area (Å²) in [6.07, 6.45) is 0. The van der Waals surface area contributed by atoms with Crippen molar-refractivity contribution < 1.29 is 18.7 Å². The van der Waals surface area contributed by atoms with Gasteiger partial charge < -0.3 is 10.1 Å². The fraction of sp³-hybridized carbons (Fsp3) is 0.0833. The molecule has 0 radical (unpaired) electrons. The Hall–Kier alpha value is -3.64. The van der Waals surface area contributed by atoms with Gasteiger partial charge in [0.15, 0.2) is 0 Å². The maximum atomic E-state index is 13.8. The summed E-state index contributed by atoms with van der Waals surface area (Å²) in [6, 6.07) is 19.0. The van der Waals surface area contributed by atoms with Gasteiger partial charge in [-0.3, -0.25) is 9.59 Å². The van der Waals surface area contributed by atoms with Gasteiger partial charge in [-0.05, 0) is 55.0 Å². The minimum Gasteiger partial charge on any atom is -0.494 e. The molecule has 7 heteroatoms. The van der Waals surface area contributed by atoms with Crippen LogP contribution in [0.4, 0.5) is 15.8 Å². The molecule has 3 aromatic rings. The average Bonchev–Trinajstić information content (AvgIpc) is 2.99. The number of hydrogen-bond acceptors (Lipinski definition) is 4. The summed E-state index contributed by atoms with van der Waals surface area (Å²) in [7, 11) is 0. The van der Waals surface area contributed by atoms with Gasteiger partial charge >= 0.3 is 0 Å². The van der Waals surface area contributed by atoms with Gasteiger partial charge in [-0.25, -0.2) is 9.29 Å². The Balaban J connectivity index is 1.80. The van der Waals surface area contributed by atoms with Gasteiger partial charge in [0, 0.05) is 16.8 Å². The van der Waals surface area contributed by atoms with Gasteiger partial charge in [-0.1, -0.05) is 35.9 Å². The van der Waals surface area contributed by atoms with Crippen molar-refractivity contribution >= 4 is 40.4 Å². The van der Waals surface area contributed by atoms with Crippen molar-refractivity contribution in [2.24, 2.45) is 0 Å². The number of anilines is 2. The van der Waals surface area contributed by atoms with Gasteiger partial charge in [0.1, 0.15) is 17.3 Å². The number of carbonyl (C=O) groups is 2. The quantitative estimate of drug-likeness (QED) is 0.534. The normalized spacial score (nSPS) is 13.7. The molecule has 0 atom stereocenters. The van der Waals surface area contributed by atoms with Crippen LogP contribution in [0.1, 0.15) is 12.5 Å². The summed E-state index contributed by atoms with van der Waals surface area (Å²) in [5.41, 5.74) is 1.51. The number of carbonyl (C=O) groups excluding carboxylic acids is 2. The predicted molar refractivity (Wildman–Crippen MR) is 118 cm³/mol. The average molecular weight is 437 g/mol. The Kier molecular flexibility index (Phi) is 5.73. The van der Waals surface area contributed by atoms with Crippen molar-refractivity contribution in [2.45, 2.75) is 6.92 Å². The highest BCUT2D eigenvalue weighted by Gasteiger charge is 2.40. The Morgan fingerprint density at radius 1 is 0.968 bits per heavy atom. The second kappa shape index (κ2) is 8.62. The topological polar surface area (TPSA) is 58.6 Å². The van der Waals surface area contributed by atoms with E-state index in [9.17, 15) is 14.0 Å². The van der Waals surface area contributed by atoms with Crippen LogP contribution >= 0.6 is 11.6 Å². The first kappa shape index (κ1) is 20.6. The largest absolute Gasteiger partial charge is 0.494 e. The first-order valence-electron chi connectivity index (χ1n) is 9.62. The van der Waals surface area contributed by atoms with E-state index in [1.54, 1.807) is 48.5 Å². The first-order valence-corrected chi connectivity index (χ1v) is 10.00. The number of amides is 2. The Bertz CT molecular complexity index is 1190. The molecule has 0 aromatic heterocycles. The van der Waals surface area contributed by atoms with Crippen molar-refractivity contribution in [3.8, 4) is 5.75 Å². The van der Waals surface area contributed by atoms with Gasteiger partial charge in [0.05, 0.1) is 17.9 Å². The summed E-state index contributed by atoms with van der Waals surface area (Å²) >= 11 is 5.99. The van der Waals surface area contributed by atoms with Gasteiger partial charge in [-0.15, -0.1) is 0 Å². The maximum absolute atomic E-state index is 13.8. The molecule has 0 spiro atoms. The number of imide groups is 1. The zero-order chi connectivity index (χ0) is 22.0. The lowest BCUT2D eigenvalue weighted by atomic mass is 10.0.